The molecule has 5 aromatic carbocycles. The number of rotatable bonds is 11. The average Bonchev–Trinajstić information content (AvgIpc) is 3.33. The lowest BCUT2D eigenvalue weighted by Gasteiger charge is -2.28. The van der Waals surface area contributed by atoms with E-state index in [0.717, 1.165) is 27.4 Å². The lowest BCUT2D eigenvalue weighted by atomic mass is 9.93. The monoisotopic (exact) mass is 1080 g/mol. The minimum absolute atomic E-state index is 0.243. The van der Waals surface area contributed by atoms with Crippen molar-refractivity contribution in [3.63, 3.8) is 0 Å². The lowest BCUT2D eigenvalue weighted by Crippen LogP contribution is -2.39. The van der Waals surface area contributed by atoms with Crippen molar-refractivity contribution in [3.8, 4) is 0 Å². The molecule has 65 heavy (non-hydrogen) atoms. The van der Waals surface area contributed by atoms with Crippen molar-refractivity contribution >= 4 is 61.4 Å². The Kier molecular flexibility index (Phi) is 48.8. The molecule has 11 heteroatoms. The van der Waals surface area contributed by atoms with E-state index in [2.05, 4.69) is 56.1 Å². The van der Waals surface area contributed by atoms with E-state index >= 15 is 0 Å². The molecule has 0 N–H and O–H groups in total. The Morgan fingerprint density at radius 2 is 0.646 bits per heavy atom. The molecule has 1 unspecified atom stereocenters. The Morgan fingerprint density at radius 3 is 0.815 bits per heavy atom. The topological polar surface area (TPSA) is 102 Å². The largest absolute Gasteiger partial charge is 0.229 e. The fourth-order valence-corrected chi connectivity index (χ4v) is 6.71. The summed E-state index contributed by atoms with van der Waals surface area (Å²) >= 11 is 6.71. The van der Waals surface area contributed by atoms with Crippen LogP contribution in [0.15, 0.2) is 152 Å². The molecule has 5 rings (SSSR count). The molecule has 0 aliphatic heterocycles. The quantitative estimate of drug-likeness (QED) is 0.122. The van der Waals surface area contributed by atoms with Gasteiger partial charge < -0.3 is 0 Å². The zero-order chi connectivity index (χ0) is 51.4. The molecule has 0 fully saturated rings. The molecule has 0 saturated heterocycles. The van der Waals surface area contributed by atoms with E-state index in [1.807, 2.05) is 204 Å². The van der Waals surface area contributed by atoms with Crippen LogP contribution >= 0.6 is 31.9 Å². The highest BCUT2D eigenvalue weighted by Crippen LogP contribution is 2.27. The fourth-order valence-electron chi connectivity index (χ4n) is 4.61. The van der Waals surface area contributed by atoms with Crippen molar-refractivity contribution < 1.29 is 25.3 Å². The highest BCUT2D eigenvalue weighted by atomic mass is 79.9. The number of sulfone groups is 3. The molecule has 1 atom stereocenters. The molecule has 5 aromatic rings. The number of hydrogen-bond donors (Lipinski definition) is 0. The minimum atomic E-state index is -3.16. The Balaban J connectivity index is -0.000000232. The van der Waals surface area contributed by atoms with Crippen LogP contribution in [0.5, 0.6) is 0 Å². The third kappa shape index (κ3) is 39.8. The molecule has 0 amide bonds. The van der Waals surface area contributed by atoms with Crippen LogP contribution in [0.1, 0.15) is 118 Å². The summed E-state index contributed by atoms with van der Waals surface area (Å²) in [5.74, 6) is 0.243. The summed E-state index contributed by atoms with van der Waals surface area (Å²) in [5.41, 5.74) is 5.83. The molecule has 0 aliphatic carbocycles. The molecule has 0 bridgehead atoms. The molecule has 6 nitrogen and oxygen atoms in total. The first-order valence-corrected chi connectivity index (χ1v) is 30.9. The summed E-state index contributed by atoms with van der Waals surface area (Å²) in [6, 6.07) is 49.8. The normalized spacial score (nSPS) is 10.4. The Bertz CT molecular complexity index is 1990. The SMILES string of the molecule is BrCc1ccccc1.BrCc1ccccc1.CC.CC.CC.CC.CC.CC(Cc1ccccc1)(Cc1ccccc1)S(C)(=O)=O.CC(Cc1ccccc1)S(C)(=O)=O.CCS(C)(=O)=O. The van der Waals surface area contributed by atoms with Crippen LogP contribution in [0.4, 0.5) is 0 Å². The van der Waals surface area contributed by atoms with E-state index in [1.165, 1.54) is 29.9 Å². The van der Waals surface area contributed by atoms with Crippen LogP contribution in [0.25, 0.3) is 0 Å². The van der Waals surface area contributed by atoms with E-state index in [0.29, 0.717) is 19.3 Å². The van der Waals surface area contributed by atoms with Gasteiger partial charge in [-0.05, 0) is 60.9 Å². The predicted molar refractivity (Wildman–Crippen MR) is 298 cm³/mol. The summed E-state index contributed by atoms with van der Waals surface area (Å²) in [6.45, 7) is 25.2. The van der Waals surface area contributed by atoms with Crippen molar-refractivity contribution in [2.24, 2.45) is 0 Å². The Labute approximate surface area is 417 Å². The summed E-state index contributed by atoms with van der Waals surface area (Å²) < 4.78 is 66.0. The van der Waals surface area contributed by atoms with Gasteiger partial charge in [0.25, 0.3) is 0 Å². The maximum Gasteiger partial charge on any atom is 0.153 e. The lowest BCUT2D eigenvalue weighted by molar-refractivity contribution is 0.527. The van der Waals surface area contributed by atoms with Crippen molar-refractivity contribution in [2.45, 2.75) is 130 Å². The first-order valence-electron chi connectivity index (χ1n) is 22.7. The van der Waals surface area contributed by atoms with Crippen LogP contribution in [0, 0.1) is 0 Å². The Morgan fingerprint density at radius 1 is 0.431 bits per heavy atom. The third-order valence-electron chi connectivity index (χ3n) is 8.35. The summed E-state index contributed by atoms with van der Waals surface area (Å²) in [4.78, 5) is 0. The van der Waals surface area contributed by atoms with Gasteiger partial charge in [-0.25, -0.2) is 25.3 Å². The maximum atomic E-state index is 12.3. The van der Waals surface area contributed by atoms with Crippen LogP contribution < -0.4 is 0 Å². The zero-order valence-corrected chi connectivity index (χ0v) is 48.3. The van der Waals surface area contributed by atoms with E-state index in [-0.39, 0.29) is 11.0 Å². The van der Waals surface area contributed by atoms with Gasteiger partial charge in [0.2, 0.25) is 0 Å². The second-order valence-electron chi connectivity index (χ2n) is 13.3. The molecule has 0 heterocycles. The van der Waals surface area contributed by atoms with Crippen LogP contribution in [0.3, 0.4) is 0 Å². The second kappa shape index (κ2) is 44.7. The van der Waals surface area contributed by atoms with Crippen LogP contribution in [-0.4, -0.2) is 59.8 Å². The third-order valence-corrected chi connectivity index (χ3v) is 14.4. The molecule has 0 aromatic heterocycles. The van der Waals surface area contributed by atoms with Crippen molar-refractivity contribution in [3.05, 3.63) is 179 Å². The van der Waals surface area contributed by atoms with E-state index in [1.54, 1.807) is 13.8 Å². The molecule has 370 valence electrons. The fraction of sp³-hybridized carbons (Fsp3) is 0.444. The summed E-state index contributed by atoms with van der Waals surface area (Å²) in [5, 5.41) is 1.61. The average molecular weight is 1090 g/mol. The summed E-state index contributed by atoms with van der Waals surface area (Å²) in [7, 11) is -8.72. The number of halogens is 2. The highest BCUT2D eigenvalue weighted by Gasteiger charge is 2.36. The van der Waals surface area contributed by atoms with Gasteiger partial charge >= 0.3 is 0 Å². The number of benzene rings is 5. The molecule has 0 spiro atoms. The van der Waals surface area contributed by atoms with Gasteiger partial charge in [-0.1, -0.05) is 260 Å². The first-order chi connectivity index (χ1) is 30.8. The molecule has 0 aliphatic rings. The van der Waals surface area contributed by atoms with Gasteiger partial charge in [-0.2, -0.15) is 0 Å². The van der Waals surface area contributed by atoms with Gasteiger partial charge in [0.05, 0.1) is 10.00 Å². The smallest absolute Gasteiger partial charge is 0.153 e. The van der Waals surface area contributed by atoms with Crippen LogP contribution in [-0.2, 0) is 59.4 Å². The standard InChI is InChI=1S/C17H20O2S.C10H14O2S.2C7H7Br.C3H8O2S.5C2H6/c1-17(20(2,18)19,13-15-9-5-3-6-10-15)14-16-11-7-4-8-12-16;1-9(13(2,11)12)8-10-6-4-3-5-7-10;2*8-6-7-4-2-1-3-5-7;1-3-6(2,4)5;5*1-2/h3-12H,13-14H2,1-2H3;3-7,9H,8H2,1-2H3;2*1-5H,6H2;3H2,1-2H3;5*1-2H3. The van der Waals surface area contributed by atoms with Gasteiger partial charge in [0, 0.05) is 35.2 Å². The van der Waals surface area contributed by atoms with Gasteiger partial charge in [-0.3, -0.25) is 0 Å². The highest BCUT2D eigenvalue weighted by molar-refractivity contribution is 9.08. The molecular weight excluding hydrogens is 1000 g/mol. The van der Waals surface area contributed by atoms with E-state index in [9.17, 15) is 25.3 Å². The van der Waals surface area contributed by atoms with Gasteiger partial charge in [0.1, 0.15) is 19.7 Å². The molecular formula is C54H86Br2O6S3. The van der Waals surface area contributed by atoms with Gasteiger partial charge in [-0.15, -0.1) is 0 Å². The van der Waals surface area contributed by atoms with Crippen molar-refractivity contribution in [1.82, 2.24) is 0 Å². The number of hydrogen-bond acceptors (Lipinski definition) is 6. The predicted octanol–water partition coefficient (Wildman–Crippen LogP) is 15.3. The summed E-state index contributed by atoms with van der Waals surface area (Å²) in [6.07, 6.45) is 5.48. The van der Waals surface area contributed by atoms with Crippen molar-refractivity contribution in [2.75, 3.05) is 24.5 Å². The van der Waals surface area contributed by atoms with Crippen molar-refractivity contribution in [1.29, 1.82) is 0 Å². The Hall–Kier alpha value is -3.09. The number of alkyl halides is 2. The van der Waals surface area contributed by atoms with Gasteiger partial charge in [0.15, 0.2) is 9.84 Å². The van der Waals surface area contributed by atoms with E-state index in [4.69, 9.17) is 0 Å². The molecule has 0 radical (unpaired) electrons. The molecule has 0 saturated carbocycles. The first kappa shape index (κ1) is 70.9. The maximum absolute atomic E-state index is 12.3. The minimum Gasteiger partial charge on any atom is -0.229 e. The second-order valence-corrected chi connectivity index (χ2v) is 21.9. The zero-order valence-electron chi connectivity index (χ0n) is 42.7. The van der Waals surface area contributed by atoms with Crippen LogP contribution in [0.2, 0.25) is 0 Å². The van der Waals surface area contributed by atoms with E-state index < -0.39 is 34.3 Å².